The molecule has 0 radical (unpaired) electrons. The number of ether oxygens (including phenoxy) is 1. The predicted octanol–water partition coefficient (Wildman–Crippen LogP) is 3.60. The zero-order chi connectivity index (χ0) is 17.5. The van der Waals surface area contributed by atoms with Crippen molar-refractivity contribution in [3.63, 3.8) is 0 Å². The minimum atomic E-state index is -0.256. The Hall–Kier alpha value is -1.89. The fraction of sp³-hybridized carbons (Fsp3) is 0.312. The van der Waals surface area contributed by atoms with E-state index in [1.54, 1.807) is 38.3 Å². The van der Waals surface area contributed by atoms with Crippen molar-refractivity contribution in [1.82, 2.24) is 15.3 Å². The van der Waals surface area contributed by atoms with E-state index in [1.165, 1.54) is 0 Å². The summed E-state index contributed by atoms with van der Waals surface area (Å²) in [6, 6.07) is 6.72. The largest absolute Gasteiger partial charge is 0.385 e. The highest BCUT2D eigenvalue weighted by atomic mass is 35.5. The number of rotatable bonds is 7. The van der Waals surface area contributed by atoms with Crippen LogP contribution < -0.4 is 10.6 Å². The lowest BCUT2D eigenvalue weighted by Gasteiger charge is -2.09. The number of benzene rings is 1. The zero-order valence-corrected chi connectivity index (χ0v) is 14.9. The third-order valence-electron chi connectivity index (χ3n) is 3.07. The van der Waals surface area contributed by atoms with Crippen molar-refractivity contribution in [2.24, 2.45) is 0 Å². The predicted molar refractivity (Wildman–Crippen MR) is 95.3 cm³/mol. The highest BCUT2D eigenvalue weighted by molar-refractivity contribution is 6.42. The van der Waals surface area contributed by atoms with E-state index in [2.05, 4.69) is 20.6 Å². The Morgan fingerprint density at radius 1 is 1.21 bits per heavy atom. The van der Waals surface area contributed by atoms with Crippen LogP contribution in [0.2, 0.25) is 10.0 Å². The van der Waals surface area contributed by atoms with Crippen molar-refractivity contribution >= 4 is 40.7 Å². The van der Waals surface area contributed by atoms with Gasteiger partial charge < -0.3 is 15.4 Å². The van der Waals surface area contributed by atoms with Crippen molar-refractivity contribution in [2.45, 2.75) is 13.3 Å². The van der Waals surface area contributed by atoms with Gasteiger partial charge in [-0.15, -0.1) is 0 Å². The third-order valence-corrected chi connectivity index (χ3v) is 3.81. The standard InChI is InChI=1S/C16H18Cl2N4O2/c1-10-8-14(15(23)19-6-3-7-24-2)22-16(20-10)21-11-4-5-12(17)13(18)9-11/h4-5,8-9H,3,6-7H2,1-2H3,(H,19,23)(H,20,21,22). The number of methoxy groups -OCH3 is 1. The molecule has 1 aromatic heterocycles. The topological polar surface area (TPSA) is 76.1 Å². The molecule has 2 N–H and O–H groups in total. The van der Waals surface area contributed by atoms with E-state index >= 15 is 0 Å². The molecule has 8 heteroatoms. The number of hydrogen-bond donors (Lipinski definition) is 2. The maximum atomic E-state index is 12.2. The molecular formula is C16H18Cl2N4O2. The molecule has 2 aromatic rings. The second-order valence-corrected chi connectivity index (χ2v) is 5.89. The molecule has 0 fully saturated rings. The molecule has 1 heterocycles. The van der Waals surface area contributed by atoms with Gasteiger partial charge in [-0.2, -0.15) is 0 Å². The minimum absolute atomic E-state index is 0.256. The number of nitrogens with one attached hydrogen (secondary N) is 2. The van der Waals surface area contributed by atoms with Crippen molar-refractivity contribution < 1.29 is 9.53 Å². The summed E-state index contributed by atoms with van der Waals surface area (Å²) in [7, 11) is 1.62. The summed E-state index contributed by atoms with van der Waals surface area (Å²) in [6.07, 6.45) is 0.737. The minimum Gasteiger partial charge on any atom is -0.385 e. The number of halogens is 2. The Labute approximate surface area is 150 Å². The summed E-state index contributed by atoms with van der Waals surface area (Å²) in [5, 5.41) is 6.70. The van der Waals surface area contributed by atoms with Gasteiger partial charge >= 0.3 is 0 Å². The SMILES string of the molecule is COCCCNC(=O)c1cc(C)nc(Nc2ccc(Cl)c(Cl)c2)n1. The van der Waals surface area contributed by atoms with Gasteiger partial charge in [0.25, 0.3) is 5.91 Å². The first kappa shape index (κ1) is 18.4. The van der Waals surface area contributed by atoms with Crippen molar-refractivity contribution in [2.75, 3.05) is 25.6 Å². The second-order valence-electron chi connectivity index (χ2n) is 5.07. The van der Waals surface area contributed by atoms with Gasteiger partial charge in [-0.1, -0.05) is 23.2 Å². The highest BCUT2D eigenvalue weighted by Gasteiger charge is 2.11. The van der Waals surface area contributed by atoms with Gasteiger partial charge in [0.1, 0.15) is 5.69 Å². The van der Waals surface area contributed by atoms with E-state index in [-0.39, 0.29) is 5.91 Å². The summed E-state index contributed by atoms with van der Waals surface area (Å²) in [5.74, 6) is 0.0595. The summed E-state index contributed by atoms with van der Waals surface area (Å²) in [6.45, 7) is 2.90. The van der Waals surface area contributed by atoms with Crippen LogP contribution in [-0.2, 0) is 4.74 Å². The summed E-state index contributed by atoms with van der Waals surface area (Å²) < 4.78 is 4.94. The molecule has 24 heavy (non-hydrogen) atoms. The average molecular weight is 369 g/mol. The Bertz CT molecular complexity index is 725. The Balaban J connectivity index is 2.10. The molecule has 0 aliphatic carbocycles. The van der Waals surface area contributed by atoms with Crippen LogP contribution >= 0.6 is 23.2 Å². The quantitative estimate of drug-likeness (QED) is 0.730. The molecule has 6 nitrogen and oxygen atoms in total. The maximum Gasteiger partial charge on any atom is 0.270 e. The number of hydrogen-bond acceptors (Lipinski definition) is 5. The Morgan fingerprint density at radius 3 is 2.71 bits per heavy atom. The number of anilines is 2. The van der Waals surface area contributed by atoms with Crippen LogP contribution in [0.4, 0.5) is 11.6 Å². The van der Waals surface area contributed by atoms with Gasteiger partial charge in [0.2, 0.25) is 5.95 Å². The van der Waals surface area contributed by atoms with E-state index in [4.69, 9.17) is 27.9 Å². The van der Waals surface area contributed by atoms with Crippen LogP contribution in [0, 0.1) is 6.92 Å². The zero-order valence-electron chi connectivity index (χ0n) is 13.4. The molecule has 0 unspecified atom stereocenters. The second kappa shape index (κ2) is 8.82. The molecule has 1 aromatic carbocycles. The fourth-order valence-electron chi connectivity index (χ4n) is 1.95. The first-order chi connectivity index (χ1) is 11.5. The highest BCUT2D eigenvalue weighted by Crippen LogP contribution is 2.26. The fourth-order valence-corrected chi connectivity index (χ4v) is 2.25. The Morgan fingerprint density at radius 2 is 2.00 bits per heavy atom. The molecule has 0 aliphatic rings. The monoisotopic (exact) mass is 368 g/mol. The molecular weight excluding hydrogens is 351 g/mol. The van der Waals surface area contributed by atoms with Crippen molar-refractivity contribution in [3.8, 4) is 0 Å². The van der Waals surface area contributed by atoms with E-state index in [0.29, 0.717) is 46.2 Å². The van der Waals surface area contributed by atoms with Crippen LogP contribution in [0.3, 0.4) is 0 Å². The molecule has 0 saturated heterocycles. The summed E-state index contributed by atoms with van der Waals surface area (Å²) in [4.78, 5) is 20.7. The van der Waals surface area contributed by atoms with Crippen LogP contribution in [-0.4, -0.2) is 36.1 Å². The van der Waals surface area contributed by atoms with E-state index in [0.717, 1.165) is 6.42 Å². The maximum absolute atomic E-state index is 12.2. The molecule has 1 amide bonds. The van der Waals surface area contributed by atoms with Crippen LogP contribution in [0.1, 0.15) is 22.6 Å². The molecule has 0 spiro atoms. The lowest BCUT2D eigenvalue weighted by molar-refractivity contribution is 0.0943. The Kier molecular flexibility index (Phi) is 6.78. The number of nitrogens with zero attached hydrogens (tertiary/aromatic N) is 2. The molecule has 0 atom stereocenters. The lowest BCUT2D eigenvalue weighted by Crippen LogP contribution is -2.26. The first-order valence-electron chi connectivity index (χ1n) is 7.34. The smallest absolute Gasteiger partial charge is 0.270 e. The molecule has 128 valence electrons. The van der Waals surface area contributed by atoms with Gasteiger partial charge in [0, 0.05) is 31.6 Å². The molecule has 0 aliphatic heterocycles. The average Bonchev–Trinajstić information content (AvgIpc) is 2.54. The van der Waals surface area contributed by atoms with Gasteiger partial charge in [0.05, 0.1) is 10.0 Å². The summed E-state index contributed by atoms with van der Waals surface area (Å²) in [5.41, 5.74) is 1.65. The summed E-state index contributed by atoms with van der Waals surface area (Å²) >= 11 is 11.9. The molecule has 0 saturated carbocycles. The molecule has 0 bridgehead atoms. The first-order valence-corrected chi connectivity index (χ1v) is 8.10. The van der Waals surface area contributed by atoms with Crippen molar-refractivity contribution in [1.29, 1.82) is 0 Å². The van der Waals surface area contributed by atoms with Crippen molar-refractivity contribution in [3.05, 3.63) is 45.7 Å². The molecule has 2 rings (SSSR count). The van der Waals surface area contributed by atoms with E-state index < -0.39 is 0 Å². The number of carbonyl (C=O) groups is 1. The van der Waals surface area contributed by atoms with Gasteiger partial charge in [-0.3, -0.25) is 4.79 Å². The van der Waals surface area contributed by atoms with Crippen LogP contribution in [0.15, 0.2) is 24.3 Å². The van der Waals surface area contributed by atoms with E-state index in [9.17, 15) is 4.79 Å². The normalized spacial score (nSPS) is 10.5. The number of aryl methyl sites for hydroxylation is 1. The third kappa shape index (κ3) is 5.33. The van der Waals surface area contributed by atoms with Crippen LogP contribution in [0.5, 0.6) is 0 Å². The van der Waals surface area contributed by atoms with Gasteiger partial charge in [0.15, 0.2) is 0 Å². The number of carbonyl (C=O) groups excluding carboxylic acids is 1. The van der Waals surface area contributed by atoms with Gasteiger partial charge in [-0.25, -0.2) is 9.97 Å². The van der Waals surface area contributed by atoms with Gasteiger partial charge in [-0.05, 0) is 37.6 Å². The lowest BCUT2D eigenvalue weighted by atomic mass is 10.3. The van der Waals surface area contributed by atoms with E-state index in [1.807, 2.05) is 0 Å². The number of aromatic nitrogens is 2. The number of amides is 1. The van der Waals surface area contributed by atoms with Crippen LogP contribution in [0.25, 0.3) is 0 Å².